The Morgan fingerprint density at radius 1 is 0.667 bits per heavy atom. The summed E-state index contributed by atoms with van der Waals surface area (Å²) in [7, 11) is 2.19. The number of pyridine rings is 3. The Balaban J connectivity index is 0.000000473. The van der Waals surface area contributed by atoms with Crippen LogP contribution in [0.25, 0.3) is 16.9 Å². The first-order valence-corrected chi connectivity index (χ1v) is 15.0. The smallest absolute Gasteiger partial charge is 0.475 e. The third-order valence-electron chi connectivity index (χ3n) is 6.66. The Kier molecular flexibility index (Phi) is 17.8. The number of imidazole rings is 1. The first-order valence-electron chi connectivity index (χ1n) is 15.0. The van der Waals surface area contributed by atoms with Crippen LogP contribution >= 0.6 is 0 Å². The van der Waals surface area contributed by atoms with Gasteiger partial charge < -0.3 is 20.4 Å². The molecule has 14 nitrogen and oxygen atoms in total. The van der Waals surface area contributed by atoms with Gasteiger partial charge in [0.2, 0.25) is 0 Å². The molecule has 26 heteroatoms. The molecule has 0 aromatic carbocycles. The number of carboxylic acids is 4. The molecule has 0 bridgehead atoms. The van der Waals surface area contributed by atoms with Crippen molar-refractivity contribution in [2.24, 2.45) is 0 Å². The first kappa shape index (κ1) is 49.0. The van der Waals surface area contributed by atoms with E-state index in [0.717, 1.165) is 48.8 Å². The molecule has 1 atom stereocenters. The van der Waals surface area contributed by atoms with Crippen molar-refractivity contribution in [2.75, 3.05) is 26.7 Å². The molecule has 1 aliphatic rings. The number of carbonyl (C=O) groups is 4. The molecule has 4 aromatic rings. The summed E-state index contributed by atoms with van der Waals surface area (Å²) in [5, 5.41) is 28.5. The van der Waals surface area contributed by atoms with Crippen molar-refractivity contribution in [2.45, 2.75) is 37.3 Å². The molecular formula is C31H28F12N6O8. The summed E-state index contributed by atoms with van der Waals surface area (Å²) in [4.78, 5) is 53.9. The van der Waals surface area contributed by atoms with Crippen LogP contribution in [0.15, 0.2) is 73.4 Å². The largest absolute Gasteiger partial charge is 0.490 e. The normalized spacial score (nSPS) is 14.9. The van der Waals surface area contributed by atoms with Crippen LogP contribution in [0.5, 0.6) is 0 Å². The summed E-state index contributed by atoms with van der Waals surface area (Å²) in [5.41, 5.74) is 5.63. The van der Waals surface area contributed by atoms with Crippen molar-refractivity contribution in [1.82, 2.24) is 29.2 Å². The van der Waals surface area contributed by atoms with Gasteiger partial charge in [-0.3, -0.25) is 24.2 Å². The van der Waals surface area contributed by atoms with E-state index in [1.807, 2.05) is 43.0 Å². The van der Waals surface area contributed by atoms with Gasteiger partial charge in [0.1, 0.15) is 5.65 Å². The average molecular weight is 841 g/mol. The lowest BCUT2D eigenvalue weighted by Gasteiger charge is -2.38. The molecule has 0 saturated carbocycles. The van der Waals surface area contributed by atoms with E-state index in [0.29, 0.717) is 0 Å². The van der Waals surface area contributed by atoms with Gasteiger partial charge in [0.05, 0.1) is 17.4 Å². The number of fused-ring (bicyclic) bond motifs is 1. The lowest BCUT2D eigenvalue weighted by molar-refractivity contribution is -0.193. The maximum atomic E-state index is 10.6. The second-order valence-electron chi connectivity index (χ2n) is 10.8. The molecule has 5 heterocycles. The van der Waals surface area contributed by atoms with E-state index in [2.05, 4.69) is 61.7 Å². The number of aliphatic carboxylic acids is 4. The fourth-order valence-electron chi connectivity index (χ4n) is 4.09. The molecule has 4 N–H and O–H groups in total. The van der Waals surface area contributed by atoms with Gasteiger partial charge in [-0.25, -0.2) is 24.2 Å². The average Bonchev–Trinajstić information content (AvgIpc) is 3.54. The molecule has 57 heavy (non-hydrogen) atoms. The SMILES string of the molecule is CN1CCN(Cc2cccnc2)CC1c1cn2c(-c3ccncc3)cccc2n1.O=C(O)C(F)(F)F.O=C(O)C(F)(F)F.O=C(O)C(F)(F)F.O=C(O)C(F)(F)F. The highest BCUT2D eigenvalue weighted by Gasteiger charge is 2.40. The molecule has 1 aliphatic heterocycles. The van der Waals surface area contributed by atoms with Gasteiger partial charge in [-0.1, -0.05) is 12.1 Å². The van der Waals surface area contributed by atoms with Crippen molar-refractivity contribution >= 4 is 29.5 Å². The van der Waals surface area contributed by atoms with E-state index in [4.69, 9.17) is 44.6 Å². The molecule has 5 rings (SSSR count). The number of nitrogens with zero attached hydrogens (tertiary/aromatic N) is 6. The number of carboxylic acid groups (broad SMARTS) is 4. The number of hydrogen-bond donors (Lipinski definition) is 4. The number of hydrogen-bond acceptors (Lipinski definition) is 9. The maximum Gasteiger partial charge on any atom is 0.490 e. The summed E-state index contributed by atoms with van der Waals surface area (Å²) in [6.07, 6.45) is -10.7. The number of alkyl halides is 12. The Morgan fingerprint density at radius 2 is 1.14 bits per heavy atom. The van der Waals surface area contributed by atoms with Crippen molar-refractivity contribution in [1.29, 1.82) is 0 Å². The highest BCUT2D eigenvalue weighted by atomic mass is 19.4. The topological polar surface area (TPSA) is 199 Å². The summed E-state index contributed by atoms with van der Waals surface area (Å²) >= 11 is 0. The maximum absolute atomic E-state index is 10.6. The van der Waals surface area contributed by atoms with Crippen molar-refractivity contribution in [3.05, 3.63) is 84.7 Å². The van der Waals surface area contributed by atoms with Crippen LogP contribution in [-0.2, 0) is 25.7 Å². The van der Waals surface area contributed by atoms with Crippen molar-refractivity contribution in [3.63, 3.8) is 0 Å². The number of rotatable bonds is 4. The minimum absolute atomic E-state index is 0.269. The lowest BCUT2D eigenvalue weighted by atomic mass is 10.1. The van der Waals surface area contributed by atoms with Gasteiger partial charge in [0.15, 0.2) is 0 Å². The van der Waals surface area contributed by atoms with E-state index in [9.17, 15) is 52.7 Å². The summed E-state index contributed by atoms with van der Waals surface area (Å²) in [5.74, 6) is -11.0. The predicted molar refractivity (Wildman–Crippen MR) is 168 cm³/mol. The molecule has 0 radical (unpaired) electrons. The lowest BCUT2D eigenvalue weighted by Crippen LogP contribution is -2.46. The Bertz CT molecular complexity index is 1810. The van der Waals surface area contributed by atoms with E-state index >= 15 is 0 Å². The van der Waals surface area contributed by atoms with Crippen LogP contribution in [0.4, 0.5) is 52.7 Å². The number of piperazine rings is 1. The predicted octanol–water partition coefficient (Wildman–Crippen LogP) is 5.81. The molecule has 1 saturated heterocycles. The Morgan fingerprint density at radius 3 is 1.56 bits per heavy atom. The van der Waals surface area contributed by atoms with Crippen LogP contribution < -0.4 is 0 Å². The summed E-state index contributed by atoms with van der Waals surface area (Å²) < 4.78 is 129. The number of aromatic nitrogens is 4. The van der Waals surface area contributed by atoms with E-state index < -0.39 is 48.6 Å². The molecular weight excluding hydrogens is 812 g/mol. The zero-order chi connectivity index (χ0) is 43.9. The molecule has 4 aromatic heterocycles. The van der Waals surface area contributed by atoms with Gasteiger partial charge >= 0.3 is 48.6 Å². The Labute approximate surface area is 311 Å². The fraction of sp³-hybridized carbons (Fsp3) is 0.323. The molecule has 0 amide bonds. The van der Waals surface area contributed by atoms with E-state index in [1.54, 1.807) is 0 Å². The third kappa shape index (κ3) is 17.5. The first-order chi connectivity index (χ1) is 26.0. The second-order valence-corrected chi connectivity index (χ2v) is 10.8. The Hall–Kier alpha value is -6.05. The number of likely N-dealkylation sites (N-methyl/N-ethyl adjacent to an activating group) is 1. The van der Waals surface area contributed by atoms with Crippen LogP contribution in [0.2, 0.25) is 0 Å². The van der Waals surface area contributed by atoms with E-state index in [1.165, 1.54) is 5.56 Å². The highest BCUT2D eigenvalue weighted by molar-refractivity contribution is 5.74. The minimum atomic E-state index is -5.08. The second kappa shape index (κ2) is 20.7. The van der Waals surface area contributed by atoms with Crippen molar-refractivity contribution in [3.8, 4) is 11.3 Å². The van der Waals surface area contributed by atoms with Gasteiger partial charge in [0, 0.05) is 62.7 Å². The fourth-order valence-corrected chi connectivity index (χ4v) is 4.09. The van der Waals surface area contributed by atoms with Crippen LogP contribution in [0.1, 0.15) is 17.3 Å². The van der Waals surface area contributed by atoms with Gasteiger partial charge in [-0.05, 0) is 42.9 Å². The molecule has 0 spiro atoms. The highest BCUT2D eigenvalue weighted by Crippen LogP contribution is 2.27. The molecule has 314 valence electrons. The van der Waals surface area contributed by atoms with Crippen LogP contribution in [0.3, 0.4) is 0 Å². The third-order valence-corrected chi connectivity index (χ3v) is 6.66. The zero-order valence-electron chi connectivity index (χ0n) is 28.5. The minimum Gasteiger partial charge on any atom is -0.475 e. The quantitative estimate of drug-likeness (QED) is 0.180. The van der Waals surface area contributed by atoms with Gasteiger partial charge in [-0.15, -0.1) is 0 Å². The molecule has 1 unspecified atom stereocenters. The van der Waals surface area contributed by atoms with Gasteiger partial charge in [-0.2, -0.15) is 52.7 Å². The monoisotopic (exact) mass is 840 g/mol. The van der Waals surface area contributed by atoms with Crippen LogP contribution in [-0.4, -0.2) is 125 Å². The number of halogens is 12. The summed E-state index contributed by atoms with van der Waals surface area (Å²) in [6, 6.07) is 14.8. The molecule has 0 aliphatic carbocycles. The molecule has 1 fully saturated rings. The van der Waals surface area contributed by atoms with Gasteiger partial charge in [0.25, 0.3) is 0 Å². The van der Waals surface area contributed by atoms with Crippen molar-refractivity contribution < 1.29 is 92.3 Å². The summed E-state index contributed by atoms with van der Waals surface area (Å²) in [6.45, 7) is 3.96. The standard InChI is InChI=1S/C23H24N6.4C2HF3O2/c1-27-12-13-28(15-18-4-3-9-25-14-18)17-22(27)20-16-29-21(5-2-6-23(29)26-20)19-7-10-24-11-8-19;4*3-2(4,5)1(6)7/h2-11,14,16,22H,12-13,15,17H2,1H3;4*(H,6,7). The van der Waals surface area contributed by atoms with Crippen LogP contribution in [0, 0.1) is 0 Å². The van der Waals surface area contributed by atoms with E-state index in [-0.39, 0.29) is 6.04 Å². The zero-order valence-corrected chi connectivity index (χ0v) is 28.5.